The summed E-state index contributed by atoms with van der Waals surface area (Å²) in [6.07, 6.45) is 5.95. The van der Waals surface area contributed by atoms with Crippen LogP contribution in [0.15, 0.2) is 36.4 Å². The minimum absolute atomic E-state index is 1.11. The summed E-state index contributed by atoms with van der Waals surface area (Å²) in [6, 6.07) is 14.1. The second-order valence-corrected chi connectivity index (χ2v) is 5.66. The highest BCUT2D eigenvalue weighted by molar-refractivity contribution is 5.77. The molecule has 0 aromatic heterocycles. The molecule has 98 valence electrons. The first-order chi connectivity index (χ1) is 9.31. The lowest BCUT2D eigenvalue weighted by Gasteiger charge is -2.06. The van der Waals surface area contributed by atoms with Gasteiger partial charge in [0.25, 0.3) is 0 Å². The molecule has 0 unspecified atom stereocenters. The molecule has 0 saturated carbocycles. The molecule has 19 heavy (non-hydrogen) atoms. The molecule has 0 aliphatic heterocycles. The highest BCUT2D eigenvalue weighted by Crippen LogP contribution is 2.38. The molecule has 0 fully saturated rings. The van der Waals surface area contributed by atoms with Gasteiger partial charge < -0.3 is 0 Å². The molecule has 1 aliphatic rings. The standard InChI is InChI=1S/C19H22/c1-3-5-14-7-9-16-13-17-10-8-15(6-4-2)12-19(17)18(16)11-14/h7-12H,3-6,13H2,1-2H3. The van der Waals surface area contributed by atoms with E-state index in [1.54, 1.807) is 0 Å². The minimum Gasteiger partial charge on any atom is -0.0651 e. The lowest BCUT2D eigenvalue weighted by molar-refractivity contribution is 0.920. The number of hydrogen-bond acceptors (Lipinski definition) is 0. The van der Waals surface area contributed by atoms with Crippen molar-refractivity contribution in [2.75, 3.05) is 0 Å². The van der Waals surface area contributed by atoms with Crippen LogP contribution in [-0.4, -0.2) is 0 Å². The van der Waals surface area contributed by atoms with Gasteiger partial charge in [0.1, 0.15) is 0 Å². The number of fused-ring (bicyclic) bond motifs is 3. The molecule has 0 N–H and O–H groups in total. The fraction of sp³-hybridized carbons (Fsp3) is 0.368. The van der Waals surface area contributed by atoms with Gasteiger partial charge in [-0.1, -0.05) is 63.1 Å². The molecule has 0 radical (unpaired) electrons. The summed E-state index contributed by atoms with van der Waals surface area (Å²) in [6.45, 7) is 4.50. The molecule has 1 aliphatic carbocycles. The minimum atomic E-state index is 1.11. The third kappa shape index (κ3) is 2.32. The highest BCUT2D eigenvalue weighted by atomic mass is 14.2. The van der Waals surface area contributed by atoms with Crippen molar-refractivity contribution in [1.82, 2.24) is 0 Å². The first-order valence-electron chi connectivity index (χ1n) is 7.55. The van der Waals surface area contributed by atoms with Gasteiger partial charge in [0.2, 0.25) is 0 Å². The fourth-order valence-electron chi connectivity index (χ4n) is 3.15. The Balaban J connectivity index is 2.03. The molecular weight excluding hydrogens is 228 g/mol. The zero-order valence-corrected chi connectivity index (χ0v) is 12.0. The topological polar surface area (TPSA) is 0 Å². The van der Waals surface area contributed by atoms with Gasteiger partial charge in [-0.3, -0.25) is 0 Å². The van der Waals surface area contributed by atoms with Gasteiger partial charge in [0, 0.05) is 0 Å². The molecule has 0 saturated heterocycles. The SMILES string of the molecule is CCCc1ccc2c(c1)-c1cc(CCC)ccc1C2. The molecule has 0 heteroatoms. The number of aryl methyl sites for hydroxylation is 2. The number of benzene rings is 2. The van der Waals surface area contributed by atoms with Crippen LogP contribution in [0.2, 0.25) is 0 Å². The molecule has 2 aromatic rings. The van der Waals surface area contributed by atoms with Crippen molar-refractivity contribution in [3.05, 3.63) is 58.7 Å². The van der Waals surface area contributed by atoms with Gasteiger partial charge in [-0.25, -0.2) is 0 Å². The molecule has 0 spiro atoms. The molecule has 2 aromatic carbocycles. The predicted octanol–water partition coefficient (Wildman–Crippen LogP) is 5.16. The van der Waals surface area contributed by atoms with Crippen molar-refractivity contribution in [3.63, 3.8) is 0 Å². The highest BCUT2D eigenvalue weighted by Gasteiger charge is 2.18. The first kappa shape index (κ1) is 12.5. The third-order valence-corrected chi connectivity index (χ3v) is 4.10. The van der Waals surface area contributed by atoms with Crippen LogP contribution in [0.5, 0.6) is 0 Å². The third-order valence-electron chi connectivity index (χ3n) is 4.10. The molecular formula is C19H22. The Hall–Kier alpha value is -1.56. The van der Waals surface area contributed by atoms with E-state index >= 15 is 0 Å². The van der Waals surface area contributed by atoms with Gasteiger partial charge in [0.15, 0.2) is 0 Å². The van der Waals surface area contributed by atoms with Gasteiger partial charge in [-0.2, -0.15) is 0 Å². The largest absolute Gasteiger partial charge is 0.0651 e. The van der Waals surface area contributed by atoms with Crippen molar-refractivity contribution in [2.45, 2.75) is 46.0 Å². The molecule has 0 nitrogen and oxygen atoms in total. The van der Waals surface area contributed by atoms with E-state index in [-0.39, 0.29) is 0 Å². The summed E-state index contributed by atoms with van der Waals surface area (Å²) in [5.41, 5.74) is 8.94. The van der Waals surface area contributed by atoms with E-state index < -0.39 is 0 Å². The van der Waals surface area contributed by atoms with Crippen LogP contribution in [0.1, 0.15) is 48.9 Å². The Kier molecular flexibility index (Phi) is 3.42. The zero-order chi connectivity index (χ0) is 13.2. The van der Waals surface area contributed by atoms with Crippen molar-refractivity contribution in [3.8, 4) is 11.1 Å². The Morgan fingerprint density at radius 3 is 1.63 bits per heavy atom. The van der Waals surface area contributed by atoms with Crippen LogP contribution in [-0.2, 0) is 19.3 Å². The maximum absolute atomic E-state index is 2.42. The van der Waals surface area contributed by atoms with Crippen LogP contribution in [0.25, 0.3) is 11.1 Å². The summed E-state index contributed by atoms with van der Waals surface area (Å²) >= 11 is 0. The van der Waals surface area contributed by atoms with E-state index in [2.05, 4.69) is 50.2 Å². The van der Waals surface area contributed by atoms with Gasteiger partial charge in [-0.05, 0) is 52.6 Å². The van der Waals surface area contributed by atoms with Crippen LogP contribution in [0.3, 0.4) is 0 Å². The Labute approximate surface area is 116 Å². The molecule has 0 heterocycles. The maximum Gasteiger partial charge on any atom is -0.00134 e. The van der Waals surface area contributed by atoms with Crippen LogP contribution < -0.4 is 0 Å². The summed E-state index contributed by atoms with van der Waals surface area (Å²) in [5, 5.41) is 0. The second-order valence-electron chi connectivity index (χ2n) is 5.66. The second kappa shape index (κ2) is 5.21. The summed E-state index contributed by atoms with van der Waals surface area (Å²) < 4.78 is 0. The average molecular weight is 250 g/mol. The molecule has 3 rings (SSSR count). The van der Waals surface area contributed by atoms with Gasteiger partial charge in [-0.15, -0.1) is 0 Å². The van der Waals surface area contributed by atoms with Crippen molar-refractivity contribution >= 4 is 0 Å². The van der Waals surface area contributed by atoms with Crippen LogP contribution in [0, 0.1) is 0 Å². The van der Waals surface area contributed by atoms with E-state index in [1.165, 1.54) is 59.1 Å². The number of hydrogen-bond donors (Lipinski definition) is 0. The Bertz CT molecular complexity index is 539. The monoisotopic (exact) mass is 250 g/mol. The average Bonchev–Trinajstić information content (AvgIpc) is 2.77. The van der Waals surface area contributed by atoms with E-state index in [9.17, 15) is 0 Å². The molecule has 0 amide bonds. The van der Waals surface area contributed by atoms with Crippen LogP contribution in [0.4, 0.5) is 0 Å². The quantitative estimate of drug-likeness (QED) is 0.599. The Morgan fingerprint density at radius 1 is 0.737 bits per heavy atom. The Morgan fingerprint density at radius 2 is 1.21 bits per heavy atom. The van der Waals surface area contributed by atoms with Crippen LogP contribution >= 0.6 is 0 Å². The zero-order valence-electron chi connectivity index (χ0n) is 12.0. The van der Waals surface area contributed by atoms with Gasteiger partial charge >= 0.3 is 0 Å². The van der Waals surface area contributed by atoms with E-state index in [0.717, 1.165) is 6.42 Å². The van der Waals surface area contributed by atoms with E-state index in [0.29, 0.717) is 0 Å². The molecule has 0 atom stereocenters. The number of rotatable bonds is 4. The smallest absolute Gasteiger partial charge is 0.00134 e. The fourth-order valence-corrected chi connectivity index (χ4v) is 3.15. The summed E-state index contributed by atoms with van der Waals surface area (Å²) in [5.74, 6) is 0. The maximum atomic E-state index is 2.42. The molecule has 0 bridgehead atoms. The predicted molar refractivity (Wildman–Crippen MR) is 82.7 cm³/mol. The summed E-state index contributed by atoms with van der Waals surface area (Å²) in [4.78, 5) is 0. The summed E-state index contributed by atoms with van der Waals surface area (Å²) in [7, 11) is 0. The van der Waals surface area contributed by atoms with Gasteiger partial charge in [0.05, 0.1) is 0 Å². The van der Waals surface area contributed by atoms with E-state index in [1.807, 2.05) is 0 Å². The van der Waals surface area contributed by atoms with Crippen molar-refractivity contribution in [1.29, 1.82) is 0 Å². The van der Waals surface area contributed by atoms with E-state index in [4.69, 9.17) is 0 Å². The first-order valence-corrected chi connectivity index (χ1v) is 7.55. The normalized spacial score (nSPS) is 12.3. The lowest BCUT2D eigenvalue weighted by atomic mass is 9.98. The lowest BCUT2D eigenvalue weighted by Crippen LogP contribution is -1.87. The van der Waals surface area contributed by atoms with Crippen molar-refractivity contribution < 1.29 is 0 Å². The van der Waals surface area contributed by atoms with Crippen molar-refractivity contribution in [2.24, 2.45) is 0 Å².